The van der Waals surface area contributed by atoms with Gasteiger partial charge in [-0.15, -0.1) is 0 Å². The maximum Gasteiger partial charge on any atom is 0.237 e. The number of benzene rings is 3. The van der Waals surface area contributed by atoms with Crippen LogP contribution in [0.2, 0.25) is 0 Å². The Morgan fingerprint density at radius 1 is 1.06 bits per heavy atom. The fourth-order valence-corrected chi connectivity index (χ4v) is 4.01. The summed E-state index contributed by atoms with van der Waals surface area (Å²) in [6, 6.07) is 23.7. The number of hydrogen-bond donors (Lipinski definition) is 1. The molecule has 0 saturated carbocycles. The summed E-state index contributed by atoms with van der Waals surface area (Å²) in [7, 11) is 1.76. The fraction of sp³-hybridized carbons (Fsp3) is 0.308. The molecule has 3 aromatic carbocycles. The van der Waals surface area contributed by atoms with Gasteiger partial charge in [-0.05, 0) is 34.5 Å². The molecule has 32 heavy (non-hydrogen) atoms. The van der Waals surface area contributed by atoms with Gasteiger partial charge in [0, 0.05) is 26.7 Å². The first-order valence-electron chi connectivity index (χ1n) is 11.0. The molecule has 1 fully saturated rings. The van der Waals surface area contributed by atoms with E-state index < -0.39 is 6.04 Å². The van der Waals surface area contributed by atoms with E-state index in [2.05, 4.69) is 40.5 Å². The van der Waals surface area contributed by atoms with Crippen LogP contribution in [0.1, 0.15) is 12.0 Å². The molecule has 0 radical (unpaired) electrons. The zero-order valence-corrected chi connectivity index (χ0v) is 18.4. The van der Waals surface area contributed by atoms with Gasteiger partial charge in [-0.3, -0.25) is 14.5 Å². The highest BCUT2D eigenvalue weighted by atomic mass is 16.5. The van der Waals surface area contributed by atoms with E-state index in [9.17, 15) is 9.59 Å². The summed E-state index contributed by atoms with van der Waals surface area (Å²) >= 11 is 0. The van der Waals surface area contributed by atoms with Crippen molar-refractivity contribution in [1.82, 2.24) is 15.1 Å². The largest absolute Gasteiger partial charge is 0.492 e. The van der Waals surface area contributed by atoms with Gasteiger partial charge in [-0.2, -0.15) is 0 Å². The molecule has 0 spiro atoms. The minimum absolute atomic E-state index is 0.0628. The maximum absolute atomic E-state index is 12.8. The van der Waals surface area contributed by atoms with Gasteiger partial charge in [0.05, 0.1) is 19.0 Å². The van der Waals surface area contributed by atoms with E-state index in [0.29, 0.717) is 26.2 Å². The lowest BCUT2D eigenvalue weighted by Gasteiger charge is -2.35. The molecule has 0 aliphatic carbocycles. The van der Waals surface area contributed by atoms with Crippen molar-refractivity contribution in [1.29, 1.82) is 0 Å². The Balaban J connectivity index is 1.36. The van der Waals surface area contributed by atoms with Crippen molar-refractivity contribution >= 4 is 22.6 Å². The zero-order chi connectivity index (χ0) is 22.3. The normalized spacial score (nSPS) is 16.5. The Hall–Kier alpha value is -3.38. The second kappa shape index (κ2) is 10.3. The van der Waals surface area contributed by atoms with Crippen LogP contribution in [0.4, 0.5) is 0 Å². The van der Waals surface area contributed by atoms with Crippen LogP contribution in [0.15, 0.2) is 72.8 Å². The summed E-state index contributed by atoms with van der Waals surface area (Å²) in [4.78, 5) is 29.2. The van der Waals surface area contributed by atoms with Crippen LogP contribution in [-0.4, -0.2) is 60.9 Å². The third kappa shape index (κ3) is 5.45. The minimum Gasteiger partial charge on any atom is -0.492 e. The summed E-state index contributed by atoms with van der Waals surface area (Å²) in [5, 5.41) is 5.28. The second-order valence-electron chi connectivity index (χ2n) is 8.14. The van der Waals surface area contributed by atoms with Crippen LogP contribution in [0, 0.1) is 0 Å². The maximum atomic E-state index is 12.8. The number of likely N-dealkylation sites (N-methyl/N-ethyl adjacent to an activating group) is 1. The van der Waals surface area contributed by atoms with Gasteiger partial charge < -0.3 is 15.0 Å². The molecule has 4 rings (SSSR count). The van der Waals surface area contributed by atoms with Gasteiger partial charge in [-0.25, -0.2) is 0 Å². The number of amides is 2. The molecular formula is C26H29N3O3. The monoisotopic (exact) mass is 431 g/mol. The van der Waals surface area contributed by atoms with Crippen molar-refractivity contribution < 1.29 is 14.3 Å². The Labute approximate surface area is 188 Å². The average molecular weight is 432 g/mol. The molecule has 6 heteroatoms. The van der Waals surface area contributed by atoms with Gasteiger partial charge in [0.25, 0.3) is 0 Å². The molecule has 1 atom stereocenters. The van der Waals surface area contributed by atoms with Crippen molar-refractivity contribution in [3.8, 4) is 5.75 Å². The number of carbonyl (C=O) groups is 2. The van der Waals surface area contributed by atoms with Gasteiger partial charge >= 0.3 is 0 Å². The quantitative estimate of drug-likeness (QED) is 0.596. The number of nitrogens with zero attached hydrogens (tertiary/aromatic N) is 2. The molecule has 0 bridgehead atoms. The summed E-state index contributed by atoms with van der Waals surface area (Å²) in [5.74, 6) is 0.633. The summed E-state index contributed by atoms with van der Waals surface area (Å²) < 4.78 is 5.69. The Morgan fingerprint density at radius 2 is 1.81 bits per heavy atom. The van der Waals surface area contributed by atoms with Crippen molar-refractivity contribution in [3.63, 3.8) is 0 Å². The number of carbonyl (C=O) groups excluding carboxylic acids is 2. The van der Waals surface area contributed by atoms with Gasteiger partial charge in [-0.1, -0.05) is 54.6 Å². The Kier molecular flexibility index (Phi) is 7.02. The SMILES string of the molecule is CN(CCOc1ccccc1)C(=O)CC1C(=O)NCCN1Cc1ccc2ccccc2c1. The molecule has 2 amide bonds. The number of rotatable bonds is 8. The first-order valence-corrected chi connectivity index (χ1v) is 11.0. The third-order valence-corrected chi connectivity index (χ3v) is 5.87. The molecule has 1 aliphatic heterocycles. The van der Waals surface area contributed by atoms with Gasteiger partial charge in [0.1, 0.15) is 12.4 Å². The van der Waals surface area contributed by atoms with Crippen molar-refractivity contribution in [2.75, 3.05) is 33.3 Å². The molecule has 1 heterocycles. The molecule has 166 valence electrons. The van der Waals surface area contributed by atoms with Gasteiger partial charge in [0.2, 0.25) is 11.8 Å². The fourth-order valence-electron chi connectivity index (χ4n) is 4.01. The summed E-state index contributed by atoms with van der Waals surface area (Å²) in [6.45, 7) is 2.82. The molecule has 6 nitrogen and oxygen atoms in total. The number of nitrogens with one attached hydrogen (secondary N) is 1. The van der Waals surface area contributed by atoms with Crippen molar-refractivity contribution in [2.45, 2.75) is 19.0 Å². The first-order chi connectivity index (χ1) is 15.6. The standard InChI is InChI=1S/C26H29N3O3/c1-28(15-16-32-23-9-3-2-4-10-23)25(30)18-24-26(31)27-13-14-29(24)19-20-11-12-21-7-5-6-8-22(21)17-20/h2-12,17,24H,13-16,18-19H2,1H3,(H,27,31). The lowest BCUT2D eigenvalue weighted by Crippen LogP contribution is -2.56. The van der Waals surface area contributed by atoms with Crippen LogP contribution in [0.3, 0.4) is 0 Å². The average Bonchev–Trinajstić information content (AvgIpc) is 2.81. The molecule has 1 saturated heterocycles. The van der Waals surface area contributed by atoms with Gasteiger partial charge in [0.15, 0.2) is 0 Å². The molecule has 1 unspecified atom stereocenters. The number of fused-ring (bicyclic) bond motifs is 1. The van der Waals surface area contributed by atoms with Crippen molar-refractivity contribution in [2.24, 2.45) is 0 Å². The number of para-hydroxylation sites is 1. The first kappa shape index (κ1) is 21.8. The third-order valence-electron chi connectivity index (χ3n) is 5.87. The van der Waals surface area contributed by atoms with E-state index in [1.165, 1.54) is 10.8 Å². The molecule has 1 N–H and O–H groups in total. The smallest absolute Gasteiger partial charge is 0.237 e. The molecular weight excluding hydrogens is 402 g/mol. The highest BCUT2D eigenvalue weighted by molar-refractivity contribution is 5.89. The van der Waals surface area contributed by atoms with Crippen LogP contribution < -0.4 is 10.1 Å². The summed E-state index contributed by atoms with van der Waals surface area (Å²) in [5.41, 5.74) is 1.14. The molecule has 0 aromatic heterocycles. The van der Waals surface area contributed by atoms with Crippen molar-refractivity contribution in [3.05, 3.63) is 78.4 Å². The van der Waals surface area contributed by atoms with E-state index in [-0.39, 0.29) is 18.2 Å². The lowest BCUT2D eigenvalue weighted by molar-refractivity contribution is -0.138. The highest BCUT2D eigenvalue weighted by Gasteiger charge is 2.32. The second-order valence-corrected chi connectivity index (χ2v) is 8.14. The Bertz CT molecular complexity index is 1070. The van der Waals surface area contributed by atoms with E-state index in [1.54, 1.807) is 11.9 Å². The van der Waals surface area contributed by atoms with E-state index >= 15 is 0 Å². The van der Waals surface area contributed by atoms with Crippen LogP contribution in [0.5, 0.6) is 5.75 Å². The lowest BCUT2D eigenvalue weighted by atomic mass is 10.0. The predicted octanol–water partition coefficient (Wildman–Crippen LogP) is 3.07. The van der Waals surface area contributed by atoms with Crippen LogP contribution >= 0.6 is 0 Å². The van der Waals surface area contributed by atoms with E-state index in [1.807, 2.05) is 42.5 Å². The zero-order valence-electron chi connectivity index (χ0n) is 18.4. The van der Waals surface area contributed by atoms with Crippen LogP contribution in [-0.2, 0) is 16.1 Å². The van der Waals surface area contributed by atoms with Crippen LogP contribution in [0.25, 0.3) is 10.8 Å². The molecule has 1 aliphatic rings. The number of ether oxygens (including phenoxy) is 1. The molecule has 3 aromatic rings. The predicted molar refractivity (Wildman–Crippen MR) is 125 cm³/mol. The summed E-state index contributed by atoms with van der Waals surface area (Å²) in [6.07, 6.45) is 0.154. The minimum atomic E-state index is -0.472. The number of hydrogen-bond acceptors (Lipinski definition) is 4. The van der Waals surface area contributed by atoms with E-state index in [0.717, 1.165) is 17.9 Å². The Morgan fingerprint density at radius 3 is 2.62 bits per heavy atom. The van der Waals surface area contributed by atoms with E-state index in [4.69, 9.17) is 4.74 Å². The number of piperazine rings is 1. The highest BCUT2D eigenvalue weighted by Crippen LogP contribution is 2.19. The topological polar surface area (TPSA) is 61.9 Å².